The van der Waals surface area contributed by atoms with Crippen molar-refractivity contribution < 1.29 is 19.1 Å². The van der Waals surface area contributed by atoms with Gasteiger partial charge in [-0.05, 0) is 17.5 Å². The first-order chi connectivity index (χ1) is 16.1. The minimum atomic E-state index is -1.07. The summed E-state index contributed by atoms with van der Waals surface area (Å²) in [5.41, 5.74) is 1.65. The lowest BCUT2D eigenvalue weighted by Crippen LogP contribution is -2.60. The van der Waals surface area contributed by atoms with Crippen LogP contribution >= 0.6 is 0 Å². The molecule has 0 radical (unpaired) electrons. The molecule has 2 aromatic rings. The molecular weight excluding hydrogens is 418 g/mol. The number of hydrogen-bond donors (Lipinski definition) is 1. The minimum Gasteiger partial charge on any atom is -0.480 e. The lowest BCUT2D eigenvalue weighted by molar-refractivity contribution is -0.147. The highest BCUT2D eigenvalue weighted by molar-refractivity contribution is 6.10. The Bertz CT molecular complexity index is 1060. The number of likely N-dealkylation sites (tertiary alicyclic amines) is 1. The van der Waals surface area contributed by atoms with Crippen LogP contribution in [0.4, 0.5) is 0 Å². The summed E-state index contributed by atoms with van der Waals surface area (Å²) in [5.74, 6) is -0.538. The molecule has 2 saturated heterocycles. The second-order valence-electron chi connectivity index (χ2n) is 8.87. The topological polar surface area (TPSA) is 79.0 Å². The summed E-state index contributed by atoms with van der Waals surface area (Å²) >= 11 is 0. The maximum Gasteiger partial charge on any atom is 0.271 e. The van der Waals surface area contributed by atoms with Crippen LogP contribution < -0.4 is 5.32 Å². The molecule has 2 aromatic carbocycles. The van der Waals surface area contributed by atoms with Crippen LogP contribution in [0.3, 0.4) is 0 Å². The van der Waals surface area contributed by atoms with Gasteiger partial charge in [0.2, 0.25) is 17.8 Å². The van der Waals surface area contributed by atoms with Crippen molar-refractivity contribution in [2.75, 3.05) is 13.1 Å². The summed E-state index contributed by atoms with van der Waals surface area (Å²) in [5, 5.41) is 3.64. The van der Waals surface area contributed by atoms with Crippen LogP contribution in [0.25, 0.3) is 0 Å². The zero-order valence-corrected chi connectivity index (χ0v) is 18.4. The molecular formula is C26H27N3O4. The average molecular weight is 446 g/mol. The Morgan fingerprint density at radius 1 is 0.970 bits per heavy atom. The van der Waals surface area contributed by atoms with Gasteiger partial charge < -0.3 is 14.5 Å². The van der Waals surface area contributed by atoms with Crippen molar-refractivity contribution in [1.82, 2.24) is 15.1 Å². The van der Waals surface area contributed by atoms with Crippen molar-refractivity contribution in [3.8, 4) is 0 Å². The monoisotopic (exact) mass is 445 g/mol. The molecule has 1 N–H and O–H groups in total. The van der Waals surface area contributed by atoms with Gasteiger partial charge in [-0.3, -0.25) is 19.7 Å². The first-order valence-electron chi connectivity index (χ1n) is 11.4. The summed E-state index contributed by atoms with van der Waals surface area (Å²) in [6, 6.07) is 19.7. The Morgan fingerprint density at radius 3 is 2.21 bits per heavy atom. The summed E-state index contributed by atoms with van der Waals surface area (Å²) in [6.45, 7) is 1.42. The van der Waals surface area contributed by atoms with Gasteiger partial charge in [-0.2, -0.15) is 0 Å². The molecule has 5 rings (SSSR count). The van der Waals surface area contributed by atoms with E-state index in [-0.39, 0.29) is 23.6 Å². The van der Waals surface area contributed by atoms with E-state index in [1.54, 1.807) is 4.90 Å². The number of nitrogens with zero attached hydrogens (tertiary/aromatic N) is 2. The molecule has 2 atom stereocenters. The third-order valence-electron chi connectivity index (χ3n) is 6.82. The van der Waals surface area contributed by atoms with E-state index in [1.165, 1.54) is 12.3 Å². The van der Waals surface area contributed by atoms with E-state index < -0.39 is 11.8 Å². The summed E-state index contributed by atoms with van der Waals surface area (Å²) < 4.78 is 5.20. The number of rotatable bonds is 5. The standard InChI is InChI=1S/C26H27N3O4/c30-22-11-16-33-23(22)25(32)28-14-12-26(13-15-28)27-21(17-19-7-3-1-4-8-19)24(31)29(26)18-20-9-5-2-6-10-20/h1-11,16,21,23,27H,12-15,17-18H2/t21-,23?/m0/s1. The molecule has 0 aliphatic carbocycles. The van der Waals surface area contributed by atoms with Crippen LogP contribution in [-0.4, -0.2) is 58.3 Å². The van der Waals surface area contributed by atoms with Crippen molar-refractivity contribution in [2.45, 2.75) is 43.6 Å². The van der Waals surface area contributed by atoms with Crippen LogP contribution in [0, 0.1) is 0 Å². The molecule has 1 unspecified atom stereocenters. The Morgan fingerprint density at radius 2 is 1.61 bits per heavy atom. The number of ketones is 1. The van der Waals surface area contributed by atoms with Crippen molar-refractivity contribution in [2.24, 2.45) is 0 Å². The number of nitrogens with one attached hydrogen (secondary N) is 1. The van der Waals surface area contributed by atoms with E-state index in [0.717, 1.165) is 11.1 Å². The molecule has 3 aliphatic heterocycles. The first-order valence-corrected chi connectivity index (χ1v) is 11.4. The highest BCUT2D eigenvalue weighted by Gasteiger charge is 2.52. The smallest absolute Gasteiger partial charge is 0.271 e. The Balaban J connectivity index is 1.35. The molecule has 1 spiro atoms. The molecule has 33 heavy (non-hydrogen) atoms. The molecule has 3 heterocycles. The first kappa shape index (κ1) is 21.4. The quantitative estimate of drug-likeness (QED) is 0.713. The maximum absolute atomic E-state index is 13.6. The molecule has 7 nitrogen and oxygen atoms in total. The lowest BCUT2D eigenvalue weighted by Gasteiger charge is -2.45. The molecule has 0 bridgehead atoms. The summed E-state index contributed by atoms with van der Waals surface area (Å²) in [4.78, 5) is 41.9. The number of hydrogen-bond acceptors (Lipinski definition) is 5. The molecule has 2 fully saturated rings. The van der Waals surface area contributed by atoms with Crippen LogP contribution in [0.2, 0.25) is 0 Å². The van der Waals surface area contributed by atoms with E-state index in [0.29, 0.717) is 38.9 Å². The van der Waals surface area contributed by atoms with Crippen LogP contribution in [0.1, 0.15) is 24.0 Å². The van der Waals surface area contributed by atoms with Crippen molar-refractivity contribution in [3.63, 3.8) is 0 Å². The summed E-state index contributed by atoms with van der Waals surface area (Å²) in [7, 11) is 0. The third kappa shape index (κ3) is 4.16. The fraction of sp³-hybridized carbons (Fsp3) is 0.346. The molecule has 0 saturated carbocycles. The van der Waals surface area contributed by atoms with Crippen molar-refractivity contribution in [3.05, 3.63) is 84.1 Å². The molecule has 0 aromatic heterocycles. The van der Waals surface area contributed by atoms with Gasteiger partial charge in [0, 0.05) is 38.6 Å². The van der Waals surface area contributed by atoms with E-state index in [4.69, 9.17) is 4.74 Å². The number of piperidine rings is 1. The van der Waals surface area contributed by atoms with E-state index in [9.17, 15) is 14.4 Å². The molecule has 7 heteroatoms. The molecule has 3 aliphatic rings. The Labute approximate surface area is 193 Å². The predicted octanol–water partition coefficient (Wildman–Crippen LogP) is 2.03. The van der Waals surface area contributed by atoms with Crippen molar-refractivity contribution >= 4 is 17.6 Å². The van der Waals surface area contributed by atoms with Gasteiger partial charge in [-0.15, -0.1) is 0 Å². The van der Waals surface area contributed by atoms with Gasteiger partial charge in [-0.1, -0.05) is 60.7 Å². The van der Waals surface area contributed by atoms with E-state index in [2.05, 4.69) is 5.32 Å². The highest BCUT2D eigenvalue weighted by atomic mass is 16.5. The average Bonchev–Trinajstić information content (AvgIpc) is 3.38. The van der Waals surface area contributed by atoms with Gasteiger partial charge in [-0.25, -0.2) is 0 Å². The second kappa shape index (κ2) is 8.83. The largest absolute Gasteiger partial charge is 0.480 e. The van der Waals surface area contributed by atoms with Gasteiger partial charge >= 0.3 is 0 Å². The second-order valence-corrected chi connectivity index (χ2v) is 8.87. The van der Waals surface area contributed by atoms with Gasteiger partial charge in [0.25, 0.3) is 5.91 Å². The molecule has 170 valence electrons. The fourth-order valence-corrected chi connectivity index (χ4v) is 5.04. The maximum atomic E-state index is 13.6. The van der Waals surface area contributed by atoms with Gasteiger partial charge in [0.05, 0.1) is 18.0 Å². The fourth-order valence-electron chi connectivity index (χ4n) is 5.04. The molecule has 2 amide bonds. The van der Waals surface area contributed by atoms with E-state index >= 15 is 0 Å². The van der Waals surface area contributed by atoms with E-state index in [1.807, 2.05) is 65.6 Å². The zero-order chi connectivity index (χ0) is 22.8. The number of carbonyl (C=O) groups is 3. The highest BCUT2D eigenvalue weighted by Crippen LogP contribution is 2.35. The SMILES string of the molecule is O=C1C=COC1C(=O)N1CCC2(CC1)N[C@@H](Cc1ccccc1)C(=O)N2Cc1ccccc1. The third-order valence-corrected chi connectivity index (χ3v) is 6.82. The lowest BCUT2D eigenvalue weighted by atomic mass is 9.94. The predicted molar refractivity (Wildman–Crippen MR) is 122 cm³/mol. The minimum absolute atomic E-state index is 0.0842. The van der Waals surface area contributed by atoms with Crippen LogP contribution in [0.5, 0.6) is 0 Å². The van der Waals surface area contributed by atoms with Gasteiger partial charge in [0.1, 0.15) is 0 Å². The normalized spacial score (nSPS) is 23.9. The van der Waals surface area contributed by atoms with Gasteiger partial charge in [0.15, 0.2) is 0 Å². The summed E-state index contributed by atoms with van der Waals surface area (Å²) in [6.07, 6.45) is 3.31. The van der Waals surface area contributed by atoms with Crippen LogP contribution in [0.15, 0.2) is 73.0 Å². The number of ether oxygens (including phenoxy) is 1. The van der Waals surface area contributed by atoms with Crippen molar-refractivity contribution in [1.29, 1.82) is 0 Å². The number of carbonyl (C=O) groups excluding carboxylic acids is 3. The van der Waals surface area contributed by atoms with Crippen LogP contribution in [-0.2, 0) is 32.1 Å². The zero-order valence-electron chi connectivity index (χ0n) is 18.4. The Hall–Kier alpha value is -3.45. The number of benzene rings is 2. The number of amides is 2. The Kier molecular flexibility index (Phi) is 5.72.